The zero-order chi connectivity index (χ0) is 24.4. The molecule has 1 N–H and O–H groups in total. The molecule has 0 aliphatic carbocycles. The molecule has 5 rings (SSSR count). The SMILES string of the molecule is COc1ccc(N2CCN(Cc3c(O)ccc4c3O/C(=C\c3cccc(OC)c3)C4=O)CC2)cc1. The first-order chi connectivity index (χ1) is 17.1. The number of ether oxygens (including phenoxy) is 3. The minimum atomic E-state index is -0.187. The van der Waals surface area contributed by atoms with Crippen LogP contribution in [-0.2, 0) is 6.54 Å². The molecule has 0 amide bonds. The van der Waals surface area contributed by atoms with Gasteiger partial charge < -0.3 is 24.2 Å². The molecule has 0 unspecified atom stereocenters. The maximum absolute atomic E-state index is 13.0. The van der Waals surface area contributed by atoms with E-state index >= 15 is 0 Å². The van der Waals surface area contributed by atoms with E-state index in [0.717, 1.165) is 43.2 Å². The van der Waals surface area contributed by atoms with Crippen LogP contribution in [0.1, 0.15) is 21.5 Å². The lowest BCUT2D eigenvalue weighted by molar-refractivity contribution is 0.101. The van der Waals surface area contributed by atoms with E-state index in [2.05, 4.69) is 21.9 Å². The maximum atomic E-state index is 13.0. The van der Waals surface area contributed by atoms with Crippen LogP contribution >= 0.6 is 0 Å². The summed E-state index contributed by atoms with van der Waals surface area (Å²) in [4.78, 5) is 17.6. The van der Waals surface area contributed by atoms with Crippen LogP contribution in [0, 0.1) is 0 Å². The molecule has 2 aliphatic heterocycles. The standard InChI is InChI=1S/C28H28N2O5/c1-33-21-8-6-20(7-9-21)30-14-12-29(13-15-30)18-24-25(31)11-10-23-27(32)26(35-28(23)24)17-19-4-3-5-22(16-19)34-2/h3-11,16-17,31H,12-15,18H2,1-2H3/b26-17-. The van der Waals surface area contributed by atoms with E-state index in [9.17, 15) is 9.90 Å². The first-order valence-corrected chi connectivity index (χ1v) is 11.6. The predicted octanol–water partition coefficient (Wildman–Crippen LogP) is 4.35. The second kappa shape index (κ2) is 9.72. The zero-order valence-corrected chi connectivity index (χ0v) is 19.9. The van der Waals surface area contributed by atoms with Gasteiger partial charge in [-0.3, -0.25) is 9.69 Å². The third kappa shape index (κ3) is 4.68. The maximum Gasteiger partial charge on any atom is 0.231 e. The Morgan fingerprint density at radius 3 is 2.40 bits per heavy atom. The molecule has 3 aromatic carbocycles. The smallest absolute Gasteiger partial charge is 0.231 e. The minimum Gasteiger partial charge on any atom is -0.507 e. The van der Waals surface area contributed by atoms with Crippen LogP contribution in [-0.4, -0.2) is 56.2 Å². The van der Waals surface area contributed by atoms with Crippen molar-refractivity contribution in [1.29, 1.82) is 0 Å². The van der Waals surface area contributed by atoms with Gasteiger partial charge in [-0.15, -0.1) is 0 Å². The molecular weight excluding hydrogens is 444 g/mol. The predicted molar refractivity (Wildman–Crippen MR) is 135 cm³/mol. The number of carbonyl (C=O) groups is 1. The summed E-state index contributed by atoms with van der Waals surface area (Å²) in [5.41, 5.74) is 3.09. The van der Waals surface area contributed by atoms with E-state index in [0.29, 0.717) is 29.2 Å². The number of allylic oxidation sites excluding steroid dienone is 1. The van der Waals surface area contributed by atoms with Crippen molar-refractivity contribution in [3.05, 3.63) is 83.1 Å². The van der Waals surface area contributed by atoms with Crippen molar-refractivity contribution in [2.45, 2.75) is 6.54 Å². The van der Waals surface area contributed by atoms with E-state index in [1.54, 1.807) is 32.4 Å². The van der Waals surface area contributed by atoms with Crippen molar-refractivity contribution < 1.29 is 24.1 Å². The third-order valence-electron chi connectivity index (χ3n) is 6.50. The molecule has 7 nitrogen and oxygen atoms in total. The minimum absolute atomic E-state index is 0.136. The van der Waals surface area contributed by atoms with Gasteiger partial charge in [-0.1, -0.05) is 12.1 Å². The topological polar surface area (TPSA) is 71.5 Å². The van der Waals surface area contributed by atoms with Gasteiger partial charge in [0.15, 0.2) is 5.76 Å². The van der Waals surface area contributed by atoms with E-state index in [1.807, 2.05) is 36.4 Å². The molecule has 0 radical (unpaired) electrons. The van der Waals surface area contributed by atoms with E-state index in [1.165, 1.54) is 0 Å². The number of phenolic OH excluding ortho intramolecular Hbond substituents is 1. The molecular formula is C28H28N2O5. The molecule has 0 aromatic heterocycles. The normalized spacial score (nSPS) is 16.8. The Balaban J connectivity index is 1.30. The lowest BCUT2D eigenvalue weighted by atomic mass is 10.0. The molecule has 7 heteroatoms. The van der Waals surface area contributed by atoms with E-state index < -0.39 is 0 Å². The van der Waals surface area contributed by atoms with Crippen LogP contribution in [0.3, 0.4) is 0 Å². The summed E-state index contributed by atoms with van der Waals surface area (Å²) in [5.74, 6) is 2.18. The first kappa shape index (κ1) is 22.8. The third-order valence-corrected chi connectivity index (χ3v) is 6.50. The average Bonchev–Trinajstić information content (AvgIpc) is 3.21. The Labute approximate surface area is 204 Å². The monoisotopic (exact) mass is 472 g/mol. The van der Waals surface area contributed by atoms with Crippen molar-refractivity contribution in [3.63, 3.8) is 0 Å². The number of Topliss-reactive ketones (excluding diaryl/α,β-unsaturated/α-hetero) is 1. The van der Waals surface area contributed by atoms with Gasteiger partial charge >= 0.3 is 0 Å². The van der Waals surface area contributed by atoms with Crippen LogP contribution in [0.5, 0.6) is 23.0 Å². The number of phenols is 1. The lowest BCUT2D eigenvalue weighted by Crippen LogP contribution is -2.46. The number of anilines is 1. The number of ketones is 1. The van der Waals surface area contributed by atoms with Crippen molar-refractivity contribution >= 4 is 17.5 Å². The Morgan fingerprint density at radius 2 is 1.69 bits per heavy atom. The highest BCUT2D eigenvalue weighted by Crippen LogP contribution is 2.40. The fourth-order valence-electron chi connectivity index (χ4n) is 4.51. The molecule has 2 aliphatic rings. The van der Waals surface area contributed by atoms with Gasteiger partial charge in [-0.2, -0.15) is 0 Å². The van der Waals surface area contributed by atoms with Gasteiger partial charge in [0.05, 0.1) is 25.3 Å². The number of fused-ring (bicyclic) bond motifs is 1. The summed E-state index contributed by atoms with van der Waals surface area (Å²) in [5, 5.41) is 10.6. The van der Waals surface area contributed by atoms with Crippen molar-refractivity contribution in [3.8, 4) is 23.0 Å². The van der Waals surface area contributed by atoms with Gasteiger partial charge in [-0.05, 0) is 60.2 Å². The number of carbonyl (C=O) groups excluding carboxylic acids is 1. The van der Waals surface area contributed by atoms with Crippen LogP contribution in [0.15, 0.2) is 66.4 Å². The van der Waals surface area contributed by atoms with Crippen LogP contribution < -0.4 is 19.1 Å². The summed E-state index contributed by atoms with van der Waals surface area (Å²) in [6.07, 6.45) is 1.71. The highest BCUT2D eigenvalue weighted by atomic mass is 16.5. The Morgan fingerprint density at radius 1 is 0.943 bits per heavy atom. The van der Waals surface area contributed by atoms with Gasteiger partial charge in [0.25, 0.3) is 0 Å². The Kier molecular flexibility index (Phi) is 6.33. The summed E-state index contributed by atoms with van der Waals surface area (Å²) < 4.78 is 16.5. The molecule has 3 aromatic rings. The lowest BCUT2D eigenvalue weighted by Gasteiger charge is -2.36. The average molecular weight is 473 g/mol. The summed E-state index contributed by atoms with van der Waals surface area (Å²) in [6.45, 7) is 3.89. The molecule has 0 bridgehead atoms. The molecule has 0 saturated carbocycles. The van der Waals surface area contributed by atoms with Crippen LogP contribution in [0.2, 0.25) is 0 Å². The van der Waals surface area contributed by atoms with Crippen molar-refractivity contribution in [1.82, 2.24) is 4.90 Å². The second-order valence-electron chi connectivity index (χ2n) is 8.62. The second-order valence-corrected chi connectivity index (χ2v) is 8.62. The fourth-order valence-corrected chi connectivity index (χ4v) is 4.51. The number of nitrogens with zero attached hydrogens (tertiary/aromatic N) is 2. The molecule has 35 heavy (non-hydrogen) atoms. The Bertz CT molecular complexity index is 1260. The van der Waals surface area contributed by atoms with Crippen LogP contribution in [0.4, 0.5) is 5.69 Å². The van der Waals surface area contributed by atoms with Gasteiger partial charge in [0, 0.05) is 38.4 Å². The molecule has 1 fully saturated rings. The van der Waals surface area contributed by atoms with Crippen LogP contribution in [0.25, 0.3) is 6.08 Å². The molecule has 180 valence electrons. The highest BCUT2D eigenvalue weighted by Gasteiger charge is 2.32. The van der Waals surface area contributed by atoms with E-state index in [4.69, 9.17) is 14.2 Å². The quantitative estimate of drug-likeness (QED) is 0.535. The van der Waals surface area contributed by atoms with E-state index in [-0.39, 0.29) is 17.3 Å². The number of piperazine rings is 1. The molecule has 1 saturated heterocycles. The largest absolute Gasteiger partial charge is 0.507 e. The number of methoxy groups -OCH3 is 2. The molecule has 2 heterocycles. The number of aromatic hydroxyl groups is 1. The van der Waals surface area contributed by atoms with Gasteiger partial charge in [0.2, 0.25) is 5.78 Å². The zero-order valence-electron chi connectivity index (χ0n) is 19.9. The Hall–Kier alpha value is -3.97. The summed E-state index contributed by atoms with van der Waals surface area (Å²) in [6, 6.07) is 18.7. The number of hydrogen-bond acceptors (Lipinski definition) is 7. The summed E-state index contributed by atoms with van der Waals surface area (Å²) >= 11 is 0. The fraction of sp³-hybridized carbons (Fsp3) is 0.250. The summed E-state index contributed by atoms with van der Waals surface area (Å²) in [7, 11) is 3.27. The van der Waals surface area contributed by atoms with Gasteiger partial charge in [0.1, 0.15) is 23.0 Å². The first-order valence-electron chi connectivity index (χ1n) is 11.6. The number of benzene rings is 3. The number of hydrogen-bond donors (Lipinski definition) is 1. The number of rotatable bonds is 6. The van der Waals surface area contributed by atoms with Crippen molar-refractivity contribution in [2.75, 3.05) is 45.3 Å². The van der Waals surface area contributed by atoms with Gasteiger partial charge in [-0.25, -0.2) is 0 Å². The molecule has 0 spiro atoms. The van der Waals surface area contributed by atoms with Crippen molar-refractivity contribution in [2.24, 2.45) is 0 Å². The highest BCUT2D eigenvalue weighted by molar-refractivity contribution is 6.15. The molecule has 0 atom stereocenters.